The third-order valence-electron chi connectivity index (χ3n) is 4.39. The molecular formula is C14H28N2O. The monoisotopic (exact) mass is 240 g/mol. The third-order valence-corrected chi connectivity index (χ3v) is 4.39. The van der Waals surface area contributed by atoms with Crippen LogP contribution in [0.25, 0.3) is 0 Å². The van der Waals surface area contributed by atoms with E-state index in [2.05, 4.69) is 19.2 Å². The van der Waals surface area contributed by atoms with Gasteiger partial charge in [0.1, 0.15) is 0 Å². The summed E-state index contributed by atoms with van der Waals surface area (Å²) < 4.78 is 0. The number of hydrogen-bond acceptors (Lipinski definition) is 2. The minimum Gasteiger partial charge on any atom is -0.354 e. The van der Waals surface area contributed by atoms with Gasteiger partial charge in [-0.1, -0.05) is 40.0 Å². The molecule has 0 aromatic carbocycles. The molecule has 100 valence electrons. The van der Waals surface area contributed by atoms with Crippen molar-refractivity contribution in [1.29, 1.82) is 0 Å². The summed E-state index contributed by atoms with van der Waals surface area (Å²) in [7, 11) is 0. The van der Waals surface area contributed by atoms with Crippen LogP contribution in [-0.2, 0) is 4.79 Å². The van der Waals surface area contributed by atoms with E-state index in [0.717, 1.165) is 13.0 Å². The molecule has 0 spiro atoms. The number of hydrogen-bond donors (Lipinski definition) is 2. The fourth-order valence-electron chi connectivity index (χ4n) is 2.63. The maximum atomic E-state index is 11.9. The Labute approximate surface area is 106 Å². The second kappa shape index (κ2) is 6.39. The molecule has 3 nitrogen and oxygen atoms in total. The van der Waals surface area contributed by atoms with E-state index in [1.54, 1.807) is 0 Å². The van der Waals surface area contributed by atoms with E-state index >= 15 is 0 Å². The zero-order chi connectivity index (χ0) is 12.9. The number of carbonyl (C=O) groups excluding carboxylic acids is 1. The predicted octanol–water partition coefficient (Wildman–Crippen LogP) is 2.45. The summed E-state index contributed by atoms with van der Waals surface area (Å²) in [4.78, 5) is 11.9. The lowest BCUT2D eigenvalue weighted by atomic mass is 9.66. The first-order chi connectivity index (χ1) is 8.04. The van der Waals surface area contributed by atoms with Crippen LogP contribution < -0.4 is 11.1 Å². The van der Waals surface area contributed by atoms with E-state index in [1.807, 2.05) is 6.92 Å². The van der Waals surface area contributed by atoms with E-state index < -0.39 is 0 Å². The average Bonchev–Trinajstić information content (AvgIpc) is 2.29. The average molecular weight is 240 g/mol. The van der Waals surface area contributed by atoms with Crippen molar-refractivity contribution < 1.29 is 4.79 Å². The normalized spacial score (nSPS) is 21.4. The maximum absolute atomic E-state index is 11.9. The first kappa shape index (κ1) is 14.5. The van der Waals surface area contributed by atoms with Crippen LogP contribution in [0.1, 0.15) is 59.3 Å². The molecule has 0 saturated heterocycles. The summed E-state index contributed by atoms with van der Waals surface area (Å²) in [5.41, 5.74) is 6.31. The van der Waals surface area contributed by atoms with E-state index in [0.29, 0.717) is 5.41 Å². The van der Waals surface area contributed by atoms with Gasteiger partial charge in [-0.05, 0) is 30.6 Å². The number of carbonyl (C=O) groups is 1. The lowest BCUT2D eigenvalue weighted by Gasteiger charge is -2.42. The third kappa shape index (κ3) is 3.70. The van der Waals surface area contributed by atoms with Gasteiger partial charge in [-0.25, -0.2) is 0 Å². The molecule has 0 aromatic rings. The molecule has 1 aliphatic carbocycles. The Morgan fingerprint density at radius 1 is 1.41 bits per heavy atom. The summed E-state index contributed by atoms with van der Waals surface area (Å²) in [6.45, 7) is 7.15. The lowest BCUT2D eigenvalue weighted by Crippen LogP contribution is -2.49. The largest absolute Gasteiger partial charge is 0.354 e. The molecule has 1 amide bonds. The highest BCUT2D eigenvalue weighted by Crippen LogP contribution is 2.44. The van der Waals surface area contributed by atoms with Crippen LogP contribution in [0.3, 0.4) is 0 Å². The molecule has 1 aliphatic rings. The Morgan fingerprint density at radius 2 is 2.06 bits per heavy atom. The Hall–Kier alpha value is -0.570. The van der Waals surface area contributed by atoms with Crippen molar-refractivity contribution in [1.82, 2.24) is 5.32 Å². The molecule has 0 bridgehead atoms. The molecule has 0 radical (unpaired) electrons. The second-order valence-corrected chi connectivity index (χ2v) is 5.73. The molecule has 0 heterocycles. The van der Waals surface area contributed by atoms with Crippen molar-refractivity contribution in [3.63, 3.8) is 0 Å². The van der Waals surface area contributed by atoms with Crippen molar-refractivity contribution in [2.24, 2.45) is 17.1 Å². The summed E-state index contributed by atoms with van der Waals surface area (Å²) in [5.74, 6) is 0.292. The minimum absolute atomic E-state index is 0.0294. The van der Waals surface area contributed by atoms with Crippen molar-refractivity contribution in [3.05, 3.63) is 0 Å². The Balaban J connectivity index is 2.36. The zero-order valence-electron chi connectivity index (χ0n) is 11.6. The van der Waals surface area contributed by atoms with Crippen LogP contribution in [0.15, 0.2) is 0 Å². The van der Waals surface area contributed by atoms with Gasteiger partial charge in [0.2, 0.25) is 5.91 Å². The van der Waals surface area contributed by atoms with Gasteiger partial charge < -0.3 is 11.1 Å². The smallest absolute Gasteiger partial charge is 0.237 e. The molecule has 1 rings (SSSR count). The fourth-order valence-corrected chi connectivity index (χ4v) is 2.63. The van der Waals surface area contributed by atoms with Crippen LogP contribution in [-0.4, -0.2) is 18.5 Å². The quantitative estimate of drug-likeness (QED) is 0.718. The molecule has 2 atom stereocenters. The maximum Gasteiger partial charge on any atom is 0.237 e. The number of rotatable bonds is 7. The molecule has 1 saturated carbocycles. The number of nitrogens with one attached hydrogen (secondary N) is 1. The van der Waals surface area contributed by atoms with E-state index in [1.165, 1.54) is 32.1 Å². The van der Waals surface area contributed by atoms with Crippen LogP contribution in [0.5, 0.6) is 0 Å². The summed E-state index contributed by atoms with van der Waals surface area (Å²) >= 11 is 0. The SMILES string of the molecule is CCCC1(CNC(=O)C(N)C(C)CC)CCC1. The van der Waals surface area contributed by atoms with E-state index in [4.69, 9.17) is 5.73 Å². The summed E-state index contributed by atoms with van der Waals surface area (Å²) in [6, 6.07) is -0.348. The highest BCUT2D eigenvalue weighted by atomic mass is 16.2. The van der Waals surface area contributed by atoms with Crippen LogP contribution in [0.4, 0.5) is 0 Å². The number of amides is 1. The van der Waals surface area contributed by atoms with E-state index in [-0.39, 0.29) is 17.9 Å². The zero-order valence-corrected chi connectivity index (χ0v) is 11.6. The molecule has 0 aliphatic heterocycles. The molecule has 17 heavy (non-hydrogen) atoms. The van der Waals surface area contributed by atoms with Crippen molar-refractivity contribution in [2.45, 2.75) is 65.3 Å². The molecule has 3 N–H and O–H groups in total. The molecule has 1 fully saturated rings. The van der Waals surface area contributed by atoms with Crippen LogP contribution in [0.2, 0.25) is 0 Å². The van der Waals surface area contributed by atoms with Gasteiger partial charge in [0.25, 0.3) is 0 Å². The van der Waals surface area contributed by atoms with Gasteiger partial charge in [0.05, 0.1) is 6.04 Å². The lowest BCUT2D eigenvalue weighted by molar-refractivity contribution is -0.124. The van der Waals surface area contributed by atoms with Crippen LogP contribution >= 0.6 is 0 Å². The topological polar surface area (TPSA) is 55.1 Å². The molecule has 2 unspecified atom stereocenters. The van der Waals surface area contributed by atoms with Gasteiger partial charge in [-0.15, -0.1) is 0 Å². The molecule has 3 heteroatoms. The predicted molar refractivity (Wildman–Crippen MR) is 71.6 cm³/mol. The molecule has 0 aromatic heterocycles. The fraction of sp³-hybridized carbons (Fsp3) is 0.929. The van der Waals surface area contributed by atoms with Gasteiger partial charge in [-0.2, -0.15) is 0 Å². The minimum atomic E-state index is -0.348. The van der Waals surface area contributed by atoms with Crippen molar-refractivity contribution in [2.75, 3.05) is 6.54 Å². The highest BCUT2D eigenvalue weighted by Gasteiger charge is 2.36. The Bertz CT molecular complexity index is 249. The first-order valence-electron chi connectivity index (χ1n) is 7.08. The summed E-state index contributed by atoms with van der Waals surface area (Å²) in [5, 5.41) is 3.06. The van der Waals surface area contributed by atoms with Gasteiger partial charge >= 0.3 is 0 Å². The number of nitrogens with two attached hydrogens (primary N) is 1. The van der Waals surface area contributed by atoms with Gasteiger partial charge in [0, 0.05) is 6.54 Å². The van der Waals surface area contributed by atoms with Gasteiger partial charge in [0.15, 0.2) is 0 Å². The standard InChI is InChI=1S/C14H28N2O/c1-4-7-14(8-6-9-14)10-16-13(17)12(15)11(3)5-2/h11-12H,4-10,15H2,1-3H3,(H,16,17). The Morgan fingerprint density at radius 3 is 2.47 bits per heavy atom. The van der Waals surface area contributed by atoms with Crippen molar-refractivity contribution in [3.8, 4) is 0 Å². The Kier molecular flexibility index (Phi) is 5.44. The van der Waals surface area contributed by atoms with Crippen LogP contribution in [0, 0.1) is 11.3 Å². The van der Waals surface area contributed by atoms with E-state index in [9.17, 15) is 4.79 Å². The first-order valence-corrected chi connectivity index (χ1v) is 7.08. The second-order valence-electron chi connectivity index (χ2n) is 5.73. The van der Waals surface area contributed by atoms with Gasteiger partial charge in [-0.3, -0.25) is 4.79 Å². The highest BCUT2D eigenvalue weighted by molar-refractivity contribution is 5.81. The summed E-state index contributed by atoms with van der Waals surface area (Å²) in [6.07, 6.45) is 7.22. The molecular weight excluding hydrogens is 212 g/mol. The van der Waals surface area contributed by atoms with Crippen molar-refractivity contribution >= 4 is 5.91 Å².